The van der Waals surface area contributed by atoms with Gasteiger partial charge in [0.1, 0.15) is 11.3 Å². The number of nitrogens with one attached hydrogen (secondary N) is 1. The van der Waals surface area contributed by atoms with Crippen LogP contribution in [0.25, 0.3) is 11.4 Å². The molecule has 0 aliphatic rings. The molecule has 2 aromatic heterocycles. The fourth-order valence-electron chi connectivity index (χ4n) is 2.05. The van der Waals surface area contributed by atoms with Gasteiger partial charge in [-0.1, -0.05) is 29.4 Å². The van der Waals surface area contributed by atoms with E-state index in [-0.39, 0.29) is 22.0 Å². The topological polar surface area (TPSA) is 128 Å². The van der Waals surface area contributed by atoms with Crippen LogP contribution in [0.3, 0.4) is 0 Å². The zero-order valence-electron chi connectivity index (χ0n) is 12.2. The third kappa shape index (κ3) is 2.97. The predicted octanol–water partition coefficient (Wildman–Crippen LogP) is 1.64. The van der Waals surface area contributed by atoms with Crippen molar-refractivity contribution in [2.24, 2.45) is 5.73 Å². The lowest BCUT2D eigenvalue weighted by Crippen LogP contribution is -2.18. The number of aromatic nitrogens is 2. The van der Waals surface area contributed by atoms with Gasteiger partial charge in [-0.3, -0.25) is 9.78 Å². The van der Waals surface area contributed by atoms with E-state index >= 15 is 0 Å². The van der Waals surface area contributed by atoms with Crippen molar-refractivity contribution in [3.05, 3.63) is 60.3 Å². The van der Waals surface area contributed by atoms with Crippen molar-refractivity contribution < 1.29 is 17.7 Å². The first-order valence-corrected chi connectivity index (χ1v) is 8.26. The first-order valence-electron chi connectivity index (χ1n) is 6.78. The maximum atomic E-state index is 12.4. The van der Waals surface area contributed by atoms with E-state index in [9.17, 15) is 13.2 Å². The molecule has 0 atom stereocenters. The Morgan fingerprint density at radius 3 is 2.42 bits per heavy atom. The first kappa shape index (κ1) is 15.7. The number of benzene rings is 1. The van der Waals surface area contributed by atoms with Crippen molar-refractivity contribution in [1.82, 2.24) is 10.1 Å². The zero-order chi connectivity index (χ0) is 17.2. The molecular weight excluding hydrogens is 332 g/mol. The fraction of sp³-hybridized carbons (Fsp3) is 0. The number of nitrogens with zero attached hydrogens (tertiary/aromatic N) is 2. The minimum atomic E-state index is -3.95. The summed E-state index contributed by atoms with van der Waals surface area (Å²) in [5.74, 6) is -1.24. The summed E-state index contributed by atoms with van der Waals surface area (Å²) in [5.41, 5.74) is 5.56. The summed E-state index contributed by atoms with van der Waals surface area (Å²) in [6.45, 7) is 0. The molecule has 0 aliphatic carbocycles. The Morgan fingerprint density at radius 1 is 1.08 bits per heavy atom. The lowest BCUT2D eigenvalue weighted by molar-refractivity contribution is 0.100. The third-order valence-electron chi connectivity index (χ3n) is 3.13. The van der Waals surface area contributed by atoms with E-state index in [1.807, 2.05) is 0 Å². The minimum absolute atomic E-state index is 0.0104. The SMILES string of the molecule is NC(=O)c1c(-c2ccccn2)noc1NS(=O)(=O)c1ccccc1. The van der Waals surface area contributed by atoms with E-state index in [1.54, 1.807) is 36.4 Å². The third-order valence-corrected chi connectivity index (χ3v) is 4.47. The Morgan fingerprint density at radius 2 is 1.79 bits per heavy atom. The van der Waals surface area contributed by atoms with E-state index in [0.717, 1.165) is 0 Å². The number of amides is 1. The largest absolute Gasteiger partial charge is 0.365 e. The van der Waals surface area contributed by atoms with Gasteiger partial charge < -0.3 is 10.3 Å². The summed E-state index contributed by atoms with van der Waals surface area (Å²) >= 11 is 0. The molecule has 1 amide bonds. The molecular formula is C15H12N4O4S. The molecule has 9 heteroatoms. The molecule has 3 aromatic rings. The summed E-state index contributed by atoms with van der Waals surface area (Å²) in [6.07, 6.45) is 1.50. The molecule has 3 N–H and O–H groups in total. The van der Waals surface area contributed by atoms with E-state index in [0.29, 0.717) is 5.69 Å². The Labute approximate surface area is 137 Å². The fourth-order valence-corrected chi connectivity index (χ4v) is 3.06. The second-order valence-corrected chi connectivity index (χ2v) is 6.42. The average molecular weight is 344 g/mol. The first-order chi connectivity index (χ1) is 11.5. The molecule has 0 spiro atoms. The van der Waals surface area contributed by atoms with Crippen LogP contribution in [-0.4, -0.2) is 24.5 Å². The van der Waals surface area contributed by atoms with Crippen molar-refractivity contribution in [1.29, 1.82) is 0 Å². The smallest absolute Gasteiger partial charge is 0.264 e. The lowest BCUT2D eigenvalue weighted by Gasteiger charge is -2.05. The number of hydrogen-bond acceptors (Lipinski definition) is 6. The van der Waals surface area contributed by atoms with Crippen LogP contribution in [0.15, 0.2) is 64.1 Å². The predicted molar refractivity (Wildman–Crippen MR) is 85.5 cm³/mol. The highest BCUT2D eigenvalue weighted by Gasteiger charge is 2.26. The maximum Gasteiger partial charge on any atom is 0.264 e. The molecule has 2 heterocycles. The van der Waals surface area contributed by atoms with Crippen molar-refractivity contribution in [2.75, 3.05) is 4.72 Å². The second-order valence-electron chi connectivity index (χ2n) is 4.73. The Hall–Kier alpha value is -3.20. The van der Waals surface area contributed by atoms with Crippen molar-refractivity contribution in [2.45, 2.75) is 4.90 Å². The van der Waals surface area contributed by atoms with Crippen LogP contribution >= 0.6 is 0 Å². The van der Waals surface area contributed by atoms with Gasteiger partial charge in [0, 0.05) is 6.20 Å². The monoisotopic (exact) mass is 344 g/mol. The normalized spacial score (nSPS) is 11.2. The minimum Gasteiger partial charge on any atom is -0.365 e. The van der Waals surface area contributed by atoms with Crippen LogP contribution in [0, 0.1) is 0 Å². The summed E-state index contributed by atoms with van der Waals surface area (Å²) in [6, 6.07) is 12.6. The summed E-state index contributed by atoms with van der Waals surface area (Å²) in [4.78, 5) is 15.8. The van der Waals surface area contributed by atoms with Crippen LogP contribution in [0.4, 0.5) is 5.88 Å². The van der Waals surface area contributed by atoms with E-state index < -0.39 is 15.9 Å². The van der Waals surface area contributed by atoms with Crippen molar-refractivity contribution in [3.8, 4) is 11.4 Å². The van der Waals surface area contributed by atoms with Gasteiger partial charge in [0.05, 0.1) is 10.6 Å². The lowest BCUT2D eigenvalue weighted by atomic mass is 10.1. The molecule has 0 saturated heterocycles. The van der Waals surface area contributed by atoms with E-state index in [1.165, 1.54) is 18.3 Å². The van der Waals surface area contributed by atoms with E-state index in [4.69, 9.17) is 10.3 Å². The summed E-state index contributed by atoms with van der Waals surface area (Å²) in [7, 11) is -3.95. The van der Waals surface area contributed by atoms with Gasteiger partial charge in [0.25, 0.3) is 21.8 Å². The van der Waals surface area contributed by atoms with Crippen molar-refractivity contribution >= 4 is 21.8 Å². The maximum absolute atomic E-state index is 12.4. The van der Waals surface area contributed by atoms with Gasteiger partial charge in [0.2, 0.25) is 0 Å². The van der Waals surface area contributed by atoms with Crippen LogP contribution in [0.1, 0.15) is 10.4 Å². The van der Waals surface area contributed by atoms with Crippen LogP contribution < -0.4 is 10.5 Å². The van der Waals surface area contributed by atoms with Gasteiger partial charge in [-0.15, -0.1) is 0 Å². The average Bonchev–Trinajstić information content (AvgIpc) is 2.99. The molecule has 0 fully saturated rings. The van der Waals surface area contributed by atoms with Crippen LogP contribution in [0.2, 0.25) is 0 Å². The van der Waals surface area contributed by atoms with Gasteiger partial charge in [-0.05, 0) is 24.3 Å². The van der Waals surface area contributed by atoms with Gasteiger partial charge in [-0.25, -0.2) is 13.1 Å². The highest BCUT2D eigenvalue weighted by molar-refractivity contribution is 7.92. The standard InChI is InChI=1S/C15H12N4O4S/c16-14(20)12-13(11-8-4-5-9-17-11)18-23-15(12)19-24(21,22)10-6-2-1-3-7-10/h1-9,19H,(H2,16,20). The number of pyridine rings is 1. The molecule has 0 aliphatic heterocycles. The molecule has 1 aromatic carbocycles. The van der Waals surface area contributed by atoms with Gasteiger partial charge in [-0.2, -0.15) is 0 Å². The number of anilines is 1. The van der Waals surface area contributed by atoms with Crippen LogP contribution in [-0.2, 0) is 10.0 Å². The Bertz CT molecular complexity index is 969. The highest BCUT2D eigenvalue weighted by Crippen LogP contribution is 2.28. The molecule has 122 valence electrons. The Balaban J connectivity index is 2.04. The number of primary amides is 1. The molecule has 0 unspecified atom stereocenters. The number of hydrogen-bond donors (Lipinski definition) is 2. The number of rotatable bonds is 5. The zero-order valence-corrected chi connectivity index (χ0v) is 13.0. The molecule has 0 saturated carbocycles. The summed E-state index contributed by atoms with van der Waals surface area (Å²) < 4.78 is 31.9. The molecule has 0 radical (unpaired) electrons. The van der Waals surface area contributed by atoms with Gasteiger partial charge >= 0.3 is 0 Å². The molecule has 3 rings (SSSR count). The van der Waals surface area contributed by atoms with Crippen LogP contribution in [0.5, 0.6) is 0 Å². The number of carbonyl (C=O) groups excluding carboxylic acids is 1. The number of nitrogens with two attached hydrogens (primary N) is 1. The quantitative estimate of drug-likeness (QED) is 0.724. The summed E-state index contributed by atoms with van der Waals surface area (Å²) in [5, 5.41) is 3.72. The van der Waals surface area contributed by atoms with Crippen molar-refractivity contribution in [3.63, 3.8) is 0 Å². The number of carbonyl (C=O) groups is 1. The van der Waals surface area contributed by atoms with Gasteiger partial charge in [0.15, 0.2) is 0 Å². The van der Waals surface area contributed by atoms with E-state index in [2.05, 4.69) is 14.9 Å². The molecule has 8 nitrogen and oxygen atoms in total. The second kappa shape index (κ2) is 6.13. The number of sulfonamides is 1. The molecule has 0 bridgehead atoms. The highest BCUT2D eigenvalue weighted by atomic mass is 32.2. The molecule has 24 heavy (non-hydrogen) atoms. The Kier molecular flexibility index (Phi) is 4.00.